The molecule has 2 aromatic rings. The minimum Gasteiger partial charge on any atom is -0.347 e. The first-order chi connectivity index (χ1) is 8.85. The Hall–Kier alpha value is -1.28. The maximum atomic E-state index is 3.45. The van der Waals surface area contributed by atoms with Crippen molar-refractivity contribution >= 4 is 10.9 Å². The molecule has 1 N–H and O–H groups in total. The van der Waals surface area contributed by atoms with Crippen LogP contribution in [0.1, 0.15) is 38.7 Å². The molecule has 1 aromatic heterocycles. The van der Waals surface area contributed by atoms with Crippen molar-refractivity contribution < 1.29 is 0 Å². The highest BCUT2D eigenvalue weighted by atomic mass is 14.9. The second kappa shape index (κ2) is 6.60. The molecule has 2 rings (SSSR count). The molecule has 0 saturated heterocycles. The molecule has 1 aromatic carbocycles. The maximum absolute atomic E-state index is 3.45. The zero-order valence-corrected chi connectivity index (χ0v) is 11.6. The standard InChI is InChI=1S/C16H24N2/c1-3-5-10-18-11-8-15-12-14(6-7-16(15)18)13-17-9-4-2/h6-8,11-12,17H,3-5,9-10,13H2,1-2H3. The Labute approximate surface area is 110 Å². The summed E-state index contributed by atoms with van der Waals surface area (Å²) < 4.78 is 2.36. The van der Waals surface area contributed by atoms with Crippen molar-refractivity contribution in [2.45, 2.75) is 46.2 Å². The van der Waals surface area contributed by atoms with Gasteiger partial charge in [0.05, 0.1) is 0 Å². The second-order valence-corrected chi connectivity index (χ2v) is 4.93. The number of hydrogen-bond donors (Lipinski definition) is 1. The quantitative estimate of drug-likeness (QED) is 0.730. The van der Waals surface area contributed by atoms with Crippen LogP contribution in [-0.4, -0.2) is 11.1 Å². The first-order valence-corrected chi connectivity index (χ1v) is 7.13. The lowest BCUT2D eigenvalue weighted by atomic mass is 10.1. The Morgan fingerprint density at radius 1 is 1.11 bits per heavy atom. The number of nitrogens with zero attached hydrogens (tertiary/aromatic N) is 1. The van der Waals surface area contributed by atoms with E-state index in [0.717, 1.165) is 19.6 Å². The lowest BCUT2D eigenvalue weighted by Gasteiger charge is -2.06. The summed E-state index contributed by atoms with van der Waals surface area (Å²) in [5.74, 6) is 0. The Bertz CT molecular complexity index is 485. The molecular weight excluding hydrogens is 220 g/mol. The molecule has 0 amide bonds. The molecule has 0 unspecified atom stereocenters. The Balaban J connectivity index is 2.10. The number of nitrogens with one attached hydrogen (secondary N) is 1. The van der Waals surface area contributed by atoms with Gasteiger partial charge in [0.25, 0.3) is 0 Å². The van der Waals surface area contributed by atoms with Gasteiger partial charge in [0.2, 0.25) is 0 Å². The van der Waals surface area contributed by atoms with Crippen LogP contribution >= 0.6 is 0 Å². The third kappa shape index (κ3) is 3.14. The van der Waals surface area contributed by atoms with Crippen molar-refractivity contribution in [2.24, 2.45) is 0 Å². The molecule has 0 aliphatic rings. The number of aryl methyl sites for hydroxylation is 1. The smallest absolute Gasteiger partial charge is 0.0480 e. The molecule has 0 atom stereocenters. The second-order valence-electron chi connectivity index (χ2n) is 4.93. The van der Waals surface area contributed by atoms with Crippen LogP contribution in [0, 0.1) is 0 Å². The van der Waals surface area contributed by atoms with E-state index >= 15 is 0 Å². The van der Waals surface area contributed by atoms with E-state index in [-0.39, 0.29) is 0 Å². The fourth-order valence-electron chi connectivity index (χ4n) is 2.29. The highest BCUT2D eigenvalue weighted by molar-refractivity contribution is 5.80. The molecule has 2 heteroatoms. The van der Waals surface area contributed by atoms with Gasteiger partial charge in [-0.3, -0.25) is 0 Å². The van der Waals surface area contributed by atoms with Gasteiger partial charge in [0.1, 0.15) is 0 Å². The zero-order valence-electron chi connectivity index (χ0n) is 11.6. The minimum atomic E-state index is 0.976. The number of fused-ring (bicyclic) bond motifs is 1. The van der Waals surface area contributed by atoms with Crippen LogP contribution in [0.4, 0.5) is 0 Å². The summed E-state index contributed by atoms with van der Waals surface area (Å²) in [4.78, 5) is 0. The molecule has 98 valence electrons. The van der Waals surface area contributed by atoms with Crippen LogP contribution in [0.5, 0.6) is 0 Å². The predicted molar refractivity (Wildman–Crippen MR) is 78.8 cm³/mol. The highest BCUT2D eigenvalue weighted by Crippen LogP contribution is 2.18. The molecule has 2 nitrogen and oxygen atoms in total. The topological polar surface area (TPSA) is 17.0 Å². The van der Waals surface area contributed by atoms with E-state index < -0.39 is 0 Å². The van der Waals surface area contributed by atoms with Crippen LogP contribution in [-0.2, 0) is 13.1 Å². The number of aromatic nitrogens is 1. The zero-order chi connectivity index (χ0) is 12.8. The first kappa shape index (κ1) is 13.2. The number of rotatable bonds is 7. The summed E-state index contributed by atoms with van der Waals surface area (Å²) in [6.45, 7) is 7.64. The summed E-state index contributed by atoms with van der Waals surface area (Å²) >= 11 is 0. The van der Waals surface area contributed by atoms with E-state index in [9.17, 15) is 0 Å². The Morgan fingerprint density at radius 2 is 2.00 bits per heavy atom. The average molecular weight is 244 g/mol. The van der Waals surface area contributed by atoms with E-state index in [1.54, 1.807) is 0 Å². The molecule has 0 aliphatic carbocycles. The number of hydrogen-bond acceptors (Lipinski definition) is 1. The van der Waals surface area contributed by atoms with Crippen LogP contribution in [0.3, 0.4) is 0 Å². The van der Waals surface area contributed by atoms with Gasteiger partial charge in [-0.1, -0.05) is 26.3 Å². The normalized spacial score (nSPS) is 11.2. The highest BCUT2D eigenvalue weighted by Gasteiger charge is 2.01. The fourth-order valence-corrected chi connectivity index (χ4v) is 2.29. The van der Waals surface area contributed by atoms with Gasteiger partial charge in [-0.05, 0) is 48.5 Å². The molecule has 18 heavy (non-hydrogen) atoms. The van der Waals surface area contributed by atoms with Crippen molar-refractivity contribution in [1.29, 1.82) is 0 Å². The van der Waals surface area contributed by atoms with Gasteiger partial charge in [0.15, 0.2) is 0 Å². The number of benzene rings is 1. The van der Waals surface area contributed by atoms with Crippen LogP contribution in [0.25, 0.3) is 10.9 Å². The molecule has 0 bridgehead atoms. The first-order valence-electron chi connectivity index (χ1n) is 7.13. The van der Waals surface area contributed by atoms with Gasteiger partial charge in [-0.2, -0.15) is 0 Å². The Morgan fingerprint density at radius 3 is 2.78 bits per heavy atom. The van der Waals surface area contributed by atoms with E-state index in [0.29, 0.717) is 0 Å². The Kier molecular flexibility index (Phi) is 4.82. The average Bonchev–Trinajstić information content (AvgIpc) is 2.79. The van der Waals surface area contributed by atoms with Gasteiger partial charge in [-0.15, -0.1) is 0 Å². The molecular formula is C16H24N2. The van der Waals surface area contributed by atoms with Crippen molar-refractivity contribution in [3.8, 4) is 0 Å². The largest absolute Gasteiger partial charge is 0.347 e. The van der Waals surface area contributed by atoms with Crippen LogP contribution < -0.4 is 5.32 Å². The van der Waals surface area contributed by atoms with E-state index in [1.165, 1.54) is 35.7 Å². The molecule has 0 fully saturated rings. The molecule has 0 saturated carbocycles. The van der Waals surface area contributed by atoms with E-state index in [1.807, 2.05) is 0 Å². The van der Waals surface area contributed by atoms with Crippen LogP contribution in [0.15, 0.2) is 30.5 Å². The fraction of sp³-hybridized carbons (Fsp3) is 0.500. The monoisotopic (exact) mass is 244 g/mol. The maximum Gasteiger partial charge on any atom is 0.0480 e. The summed E-state index contributed by atoms with van der Waals surface area (Å²) in [5, 5.41) is 4.81. The minimum absolute atomic E-state index is 0.976. The van der Waals surface area contributed by atoms with Gasteiger partial charge >= 0.3 is 0 Å². The van der Waals surface area contributed by atoms with Crippen molar-refractivity contribution in [1.82, 2.24) is 9.88 Å². The summed E-state index contributed by atoms with van der Waals surface area (Å²) in [6, 6.07) is 9.04. The van der Waals surface area contributed by atoms with E-state index in [4.69, 9.17) is 0 Å². The number of unbranched alkanes of at least 4 members (excludes halogenated alkanes) is 1. The predicted octanol–water partition coefficient (Wildman–Crippen LogP) is 3.94. The van der Waals surface area contributed by atoms with Crippen molar-refractivity contribution in [3.05, 3.63) is 36.0 Å². The van der Waals surface area contributed by atoms with Crippen molar-refractivity contribution in [2.75, 3.05) is 6.54 Å². The summed E-state index contributed by atoms with van der Waals surface area (Å²) in [7, 11) is 0. The third-order valence-corrected chi connectivity index (χ3v) is 3.34. The molecule has 0 spiro atoms. The van der Waals surface area contributed by atoms with Gasteiger partial charge < -0.3 is 9.88 Å². The lowest BCUT2D eigenvalue weighted by molar-refractivity contribution is 0.650. The third-order valence-electron chi connectivity index (χ3n) is 3.34. The molecule has 1 heterocycles. The summed E-state index contributed by atoms with van der Waals surface area (Å²) in [5.41, 5.74) is 2.74. The lowest BCUT2D eigenvalue weighted by Crippen LogP contribution is -2.13. The van der Waals surface area contributed by atoms with Gasteiger partial charge in [-0.25, -0.2) is 0 Å². The van der Waals surface area contributed by atoms with E-state index in [2.05, 4.69) is 54.2 Å². The summed E-state index contributed by atoms with van der Waals surface area (Å²) in [6.07, 6.45) is 5.90. The SMILES string of the molecule is CCCCn1ccc2cc(CNCCC)ccc21. The van der Waals surface area contributed by atoms with Crippen LogP contribution in [0.2, 0.25) is 0 Å². The van der Waals surface area contributed by atoms with Gasteiger partial charge in [0, 0.05) is 24.8 Å². The molecule has 0 aliphatic heterocycles. The molecule has 0 radical (unpaired) electrons. The van der Waals surface area contributed by atoms with Crippen molar-refractivity contribution in [3.63, 3.8) is 0 Å².